The predicted octanol–water partition coefficient (Wildman–Crippen LogP) is 3.35. The average Bonchev–Trinajstić information content (AvgIpc) is 2.90. The smallest absolute Gasteiger partial charge is 0.408 e. The van der Waals surface area contributed by atoms with Crippen molar-refractivity contribution in [3.8, 4) is 0 Å². The summed E-state index contributed by atoms with van der Waals surface area (Å²) in [4.78, 5) is 16.1. The van der Waals surface area contributed by atoms with Gasteiger partial charge in [0.05, 0.1) is 6.04 Å². The van der Waals surface area contributed by atoms with E-state index in [-0.39, 0.29) is 12.6 Å². The number of hydrogen-bond acceptors (Lipinski definition) is 5. The summed E-state index contributed by atoms with van der Waals surface area (Å²) in [5, 5.41) is 5.57. The van der Waals surface area contributed by atoms with Gasteiger partial charge in [0.2, 0.25) is 0 Å². The van der Waals surface area contributed by atoms with Crippen molar-refractivity contribution in [2.24, 2.45) is 0 Å². The molecule has 0 bridgehead atoms. The molecule has 6 heteroatoms. The lowest BCUT2D eigenvalue weighted by atomic mass is 10.2. The zero-order valence-corrected chi connectivity index (χ0v) is 12.8. The van der Waals surface area contributed by atoms with Gasteiger partial charge in [0, 0.05) is 16.8 Å². The lowest BCUT2D eigenvalue weighted by Gasteiger charge is -2.14. The molecule has 1 unspecified atom stereocenters. The van der Waals surface area contributed by atoms with Crippen LogP contribution < -0.4 is 5.32 Å². The molecule has 1 aromatic heterocycles. The molecule has 1 atom stereocenters. The Hall–Kier alpha value is -1.53. The summed E-state index contributed by atoms with van der Waals surface area (Å²) in [7, 11) is 0. The van der Waals surface area contributed by atoms with Crippen LogP contribution in [0.15, 0.2) is 35.7 Å². The van der Waals surface area contributed by atoms with Crippen molar-refractivity contribution in [3.63, 3.8) is 0 Å². The minimum absolute atomic E-state index is 0.222. The van der Waals surface area contributed by atoms with E-state index in [1.807, 2.05) is 42.6 Å². The number of ether oxygens (including phenoxy) is 1. The first-order valence-electron chi connectivity index (χ1n) is 6.19. The summed E-state index contributed by atoms with van der Waals surface area (Å²) < 4.78 is 5.18. The molecule has 0 radical (unpaired) electrons. The molecule has 0 saturated carbocycles. The molecule has 1 amide bonds. The molecule has 0 aliphatic carbocycles. The number of alkyl carbamates (subject to hydrolysis) is 1. The third-order valence-corrected chi connectivity index (χ3v) is 4.06. The fourth-order valence-electron chi connectivity index (χ4n) is 1.62. The number of aromatic nitrogens is 1. The molecule has 1 N–H and O–H groups in total. The fraction of sp³-hybridized carbons (Fsp3) is 0.286. The van der Waals surface area contributed by atoms with Gasteiger partial charge in [-0.3, -0.25) is 0 Å². The van der Waals surface area contributed by atoms with Crippen molar-refractivity contribution in [1.82, 2.24) is 10.3 Å². The van der Waals surface area contributed by atoms with E-state index in [9.17, 15) is 4.79 Å². The molecule has 0 fully saturated rings. The van der Waals surface area contributed by atoms with Crippen molar-refractivity contribution in [3.05, 3.63) is 52.0 Å². The van der Waals surface area contributed by atoms with Crippen LogP contribution in [0.4, 0.5) is 4.79 Å². The Morgan fingerprint density at radius 3 is 2.80 bits per heavy atom. The van der Waals surface area contributed by atoms with Crippen LogP contribution in [0.2, 0.25) is 0 Å². The van der Waals surface area contributed by atoms with Gasteiger partial charge >= 0.3 is 6.09 Å². The lowest BCUT2D eigenvalue weighted by Crippen LogP contribution is -2.30. The van der Waals surface area contributed by atoms with Gasteiger partial charge in [0.1, 0.15) is 11.6 Å². The standard InChI is InChI=1S/C14H16N2O2S2/c1-10-9-20-13(15-10)12(8-19)16-14(17)18-7-11-5-3-2-4-6-11/h2-6,9,12,19H,7-8H2,1H3,(H,16,17). The zero-order valence-electron chi connectivity index (χ0n) is 11.1. The van der Waals surface area contributed by atoms with Crippen LogP contribution in [-0.2, 0) is 11.3 Å². The molecule has 2 aromatic rings. The number of aryl methyl sites for hydroxylation is 1. The van der Waals surface area contributed by atoms with Crippen LogP contribution in [0.1, 0.15) is 22.3 Å². The topological polar surface area (TPSA) is 51.2 Å². The highest BCUT2D eigenvalue weighted by Crippen LogP contribution is 2.19. The van der Waals surface area contributed by atoms with E-state index < -0.39 is 6.09 Å². The largest absolute Gasteiger partial charge is 0.445 e. The Morgan fingerprint density at radius 1 is 1.45 bits per heavy atom. The van der Waals surface area contributed by atoms with Gasteiger partial charge in [-0.2, -0.15) is 12.6 Å². The van der Waals surface area contributed by atoms with Gasteiger partial charge in [-0.25, -0.2) is 9.78 Å². The summed E-state index contributed by atoms with van der Waals surface area (Å²) >= 11 is 5.75. The van der Waals surface area contributed by atoms with E-state index >= 15 is 0 Å². The number of hydrogen-bond donors (Lipinski definition) is 2. The molecule has 1 heterocycles. The second kappa shape index (κ2) is 7.31. The quantitative estimate of drug-likeness (QED) is 0.833. The number of rotatable bonds is 5. The number of nitrogens with one attached hydrogen (secondary N) is 1. The van der Waals surface area contributed by atoms with Crippen molar-refractivity contribution in [2.75, 3.05) is 5.75 Å². The summed E-state index contributed by atoms with van der Waals surface area (Å²) in [5.41, 5.74) is 1.89. The SMILES string of the molecule is Cc1csc(C(CS)NC(=O)OCc2ccccc2)n1. The molecule has 2 rings (SSSR count). The van der Waals surface area contributed by atoms with Gasteiger partial charge < -0.3 is 10.1 Å². The van der Waals surface area contributed by atoms with Crippen molar-refractivity contribution in [1.29, 1.82) is 0 Å². The van der Waals surface area contributed by atoms with E-state index in [0.717, 1.165) is 16.3 Å². The molecule has 0 saturated heterocycles. The number of thiol groups is 1. The second-order valence-corrected chi connectivity index (χ2v) is 5.52. The second-order valence-electron chi connectivity index (χ2n) is 4.27. The van der Waals surface area contributed by atoms with E-state index in [0.29, 0.717) is 5.75 Å². The van der Waals surface area contributed by atoms with E-state index in [1.54, 1.807) is 0 Å². The lowest BCUT2D eigenvalue weighted by molar-refractivity contribution is 0.136. The number of thiazole rings is 1. The molecular formula is C14H16N2O2S2. The maximum absolute atomic E-state index is 11.8. The van der Waals surface area contributed by atoms with E-state index in [2.05, 4.69) is 22.9 Å². The van der Waals surface area contributed by atoms with Gasteiger partial charge in [0.15, 0.2) is 0 Å². The van der Waals surface area contributed by atoms with Crippen molar-refractivity contribution < 1.29 is 9.53 Å². The molecular weight excluding hydrogens is 292 g/mol. The molecule has 0 aliphatic heterocycles. The first kappa shape index (κ1) is 14.9. The molecule has 106 valence electrons. The minimum atomic E-state index is -0.458. The van der Waals surface area contributed by atoms with Gasteiger partial charge in [0.25, 0.3) is 0 Å². The monoisotopic (exact) mass is 308 g/mol. The fourth-order valence-corrected chi connectivity index (χ4v) is 2.86. The Morgan fingerprint density at radius 2 is 2.20 bits per heavy atom. The molecule has 1 aromatic carbocycles. The zero-order chi connectivity index (χ0) is 14.4. The molecule has 4 nitrogen and oxygen atoms in total. The number of nitrogens with zero attached hydrogens (tertiary/aromatic N) is 1. The summed E-state index contributed by atoms with van der Waals surface area (Å²) in [6.07, 6.45) is -0.458. The van der Waals surface area contributed by atoms with Crippen LogP contribution in [0.3, 0.4) is 0 Å². The predicted molar refractivity (Wildman–Crippen MR) is 83.2 cm³/mol. The van der Waals surface area contributed by atoms with Gasteiger partial charge in [-0.05, 0) is 12.5 Å². The van der Waals surface area contributed by atoms with Crippen LogP contribution >= 0.6 is 24.0 Å². The Bertz CT molecular complexity index is 557. The van der Waals surface area contributed by atoms with Crippen LogP contribution in [-0.4, -0.2) is 16.8 Å². The first-order valence-corrected chi connectivity index (χ1v) is 7.70. The summed E-state index contributed by atoms with van der Waals surface area (Å²) in [5.74, 6) is 0.480. The van der Waals surface area contributed by atoms with Crippen LogP contribution in [0, 0.1) is 6.92 Å². The average molecular weight is 308 g/mol. The van der Waals surface area contributed by atoms with E-state index in [1.165, 1.54) is 11.3 Å². The molecule has 0 spiro atoms. The maximum Gasteiger partial charge on any atom is 0.408 e. The van der Waals surface area contributed by atoms with Crippen molar-refractivity contribution >= 4 is 30.1 Å². The number of carbonyl (C=O) groups is 1. The first-order chi connectivity index (χ1) is 9.69. The third kappa shape index (κ3) is 4.25. The number of carbonyl (C=O) groups excluding carboxylic acids is 1. The minimum Gasteiger partial charge on any atom is -0.445 e. The normalized spacial score (nSPS) is 11.9. The van der Waals surface area contributed by atoms with Gasteiger partial charge in [-0.15, -0.1) is 11.3 Å². The Balaban J connectivity index is 1.86. The highest BCUT2D eigenvalue weighted by Gasteiger charge is 2.16. The van der Waals surface area contributed by atoms with E-state index in [4.69, 9.17) is 4.74 Å². The summed E-state index contributed by atoms with van der Waals surface area (Å²) in [6, 6.07) is 9.34. The van der Waals surface area contributed by atoms with Crippen LogP contribution in [0.5, 0.6) is 0 Å². The third-order valence-electron chi connectivity index (χ3n) is 2.62. The van der Waals surface area contributed by atoms with Crippen molar-refractivity contribution in [2.45, 2.75) is 19.6 Å². The highest BCUT2D eigenvalue weighted by molar-refractivity contribution is 7.80. The van der Waals surface area contributed by atoms with Crippen LogP contribution in [0.25, 0.3) is 0 Å². The summed E-state index contributed by atoms with van der Waals surface area (Å²) in [6.45, 7) is 2.17. The highest BCUT2D eigenvalue weighted by atomic mass is 32.1. The number of benzene rings is 1. The molecule has 0 aliphatic rings. The number of amides is 1. The maximum atomic E-state index is 11.8. The van der Waals surface area contributed by atoms with Gasteiger partial charge in [-0.1, -0.05) is 30.3 Å². The Kier molecular flexibility index (Phi) is 5.43. The molecule has 20 heavy (non-hydrogen) atoms. The Labute approximate surface area is 127 Å².